The number of hydrogen-bond donors (Lipinski definition) is 1. The molecular formula is C15H16N2O3. The van der Waals surface area contributed by atoms with Crippen molar-refractivity contribution in [2.75, 3.05) is 0 Å². The highest BCUT2D eigenvalue weighted by atomic mass is 16.3. The summed E-state index contributed by atoms with van der Waals surface area (Å²) in [6, 6.07) is 9.80. The monoisotopic (exact) mass is 272 g/mol. The highest BCUT2D eigenvalue weighted by molar-refractivity contribution is 5.92. The van der Waals surface area contributed by atoms with Crippen LogP contribution in [0.1, 0.15) is 28.7 Å². The van der Waals surface area contributed by atoms with Crippen LogP contribution in [0.15, 0.2) is 35.1 Å². The van der Waals surface area contributed by atoms with E-state index in [2.05, 4.69) is 5.10 Å². The molecule has 0 atom stereocenters. The van der Waals surface area contributed by atoms with Gasteiger partial charge in [0.15, 0.2) is 17.2 Å². The van der Waals surface area contributed by atoms with Crippen LogP contribution in [0, 0.1) is 6.92 Å². The van der Waals surface area contributed by atoms with Gasteiger partial charge < -0.3 is 5.11 Å². The van der Waals surface area contributed by atoms with Crippen molar-refractivity contribution >= 4 is 5.78 Å². The van der Waals surface area contributed by atoms with Crippen molar-refractivity contribution < 1.29 is 9.90 Å². The number of ketones is 1. The number of Topliss-reactive ketones (excluding diaryl/α,β-unsaturated/α-hetero) is 1. The molecule has 0 spiro atoms. The van der Waals surface area contributed by atoms with E-state index in [1.54, 1.807) is 6.92 Å². The lowest BCUT2D eigenvalue weighted by Crippen LogP contribution is -2.23. The average Bonchev–Trinajstić information content (AvgIpc) is 2.45. The molecule has 0 bridgehead atoms. The van der Waals surface area contributed by atoms with Crippen LogP contribution in [0.4, 0.5) is 0 Å². The van der Waals surface area contributed by atoms with E-state index in [1.165, 1.54) is 11.6 Å². The van der Waals surface area contributed by atoms with Crippen molar-refractivity contribution in [1.82, 2.24) is 9.78 Å². The van der Waals surface area contributed by atoms with Crippen molar-refractivity contribution in [3.8, 4) is 5.75 Å². The lowest BCUT2D eigenvalue weighted by Gasteiger charge is -2.11. The van der Waals surface area contributed by atoms with Gasteiger partial charge in [-0.05, 0) is 18.9 Å². The van der Waals surface area contributed by atoms with E-state index in [0.717, 1.165) is 5.56 Å². The lowest BCUT2D eigenvalue weighted by atomic mass is 10.1. The summed E-state index contributed by atoms with van der Waals surface area (Å²) in [4.78, 5) is 23.1. The summed E-state index contributed by atoms with van der Waals surface area (Å²) >= 11 is 0. The number of nitrogens with zero attached hydrogens (tertiary/aromatic N) is 2. The number of hydrogen-bond acceptors (Lipinski definition) is 4. The lowest BCUT2D eigenvalue weighted by molar-refractivity contribution is 0.100. The van der Waals surface area contributed by atoms with Crippen LogP contribution in [0.25, 0.3) is 0 Å². The molecule has 104 valence electrons. The average molecular weight is 272 g/mol. The van der Waals surface area contributed by atoms with E-state index in [4.69, 9.17) is 0 Å². The van der Waals surface area contributed by atoms with Gasteiger partial charge in [-0.3, -0.25) is 14.3 Å². The zero-order chi connectivity index (χ0) is 14.7. The first-order chi connectivity index (χ1) is 9.50. The fourth-order valence-corrected chi connectivity index (χ4v) is 1.97. The second-order valence-electron chi connectivity index (χ2n) is 4.63. The Morgan fingerprint density at radius 3 is 2.55 bits per heavy atom. The smallest absolute Gasteiger partial charge is 0.252 e. The number of carbonyl (C=O) groups excluding carboxylic acids is 1. The number of rotatable bonds is 4. The molecule has 0 saturated carbocycles. The molecule has 0 radical (unpaired) electrons. The minimum atomic E-state index is -0.703. The zero-order valence-corrected chi connectivity index (χ0v) is 11.5. The Bertz CT molecular complexity index is 690. The first-order valence-electron chi connectivity index (χ1n) is 6.36. The van der Waals surface area contributed by atoms with E-state index in [9.17, 15) is 14.7 Å². The van der Waals surface area contributed by atoms with Gasteiger partial charge >= 0.3 is 0 Å². The van der Waals surface area contributed by atoms with Gasteiger partial charge in [-0.2, -0.15) is 5.10 Å². The van der Waals surface area contributed by atoms with Gasteiger partial charge in [0.25, 0.3) is 5.43 Å². The quantitative estimate of drug-likeness (QED) is 0.860. The van der Waals surface area contributed by atoms with Crippen molar-refractivity contribution in [3.05, 3.63) is 57.5 Å². The number of aromatic hydroxyl groups is 1. The van der Waals surface area contributed by atoms with E-state index >= 15 is 0 Å². The van der Waals surface area contributed by atoms with Crippen LogP contribution in [-0.2, 0) is 13.0 Å². The number of aryl methyl sites for hydroxylation is 2. The Hall–Kier alpha value is -2.43. The predicted octanol–water partition coefficient (Wildman–Crippen LogP) is 1.70. The third-order valence-corrected chi connectivity index (χ3v) is 3.17. The molecule has 0 aliphatic rings. The van der Waals surface area contributed by atoms with Crippen molar-refractivity contribution in [3.63, 3.8) is 0 Å². The highest BCUT2D eigenvalue weighted by Crippen LogP contribution is 2.11. The minimum Gasteiger partial charge on any atom is -0.503 e. The number of carbonyl (C=O) groups is 1. The first-order valence-corrected chi connectivity index (χ1v) is 6.36. The molecule has 1 N–H and O–H groups in total. The Labute approximate surface area is 116 Å². The summed E-state index contributed by atoms with van der Waals surface area (Å²) in [6.45, 7) is 3.36. The Kier molecular flexibility index (Phi) is 3.98. The van der Waals surface area contributed by atoms with Crippen LogP contribution in [0.5, 0.6) is 5.75 Å². The molecule has 1 aromatic heterocycles. The van der Waals surface area contributed by atoms with Crippen LogP contribution in [0.2, 0.25) is 0 Å². The molecule has 2 rings (SSSR count). The van der Waals surface area contributed by atoms with Crippen LogP contribution < -0.4 is 5.43 Å². The van der Waals surface area contributed by atoms with Crippen molar-refractivity contribution in [1.29, 1.82) is 0 Å². The van der Waals surface area contributed by atoms with Crippen molar-refractivity contribution in [2.45, 2.75) is 26.8 Å². The largest absolute Gasteiger partial charge is 0.503 e. The molecule has 0 saturated heterocycles. The maximum absolute atomic E-state index is 11.7. The molecule has 1 aromatic carbocycles. The molecule has 0 unspecified atom stereocenters. The summed E-state index contributed by atoms with van der Waals surface area (Å²) < 4.78 is 1.50. The first kappa shape index (κ1) is 14.0. The maximum atomic E-state index is 11.7. The standard InChI is InChI=1S/C15H16N2O3/c1-10-14(19)15(20)13(11(2)18)16-17(10)9-8-12-6-4-3-5-7-12/h3-7,19H,8-9H2,1-2H3. The molecule has 5 heteroatoms. The summed E-state index contributed by atoms with van der Waals surface area (Å²) in [6.07, 6.45) is 0.703. The Balaban J connectivity index is 2.32. The van der Waals surface area contributed by atoms with E-state index in [0.29, 0.717) is 18.7 Å². The maximum Gasteiger partial charge on any atom is 0.252 e. The van der Waals surface area contributed by atoms with Gasteiger partial charge in [0.2, 0.25) is 0 Å². The summed E-state index contributed by atoms with van der Waals surface area (Å²) in [5.74, 6) is -0.850. The Morgan fingerprint density at radius 1 is 1.30 bits per heavy atom. The molecule has 0 fully saturated rings. The molecule has 2 aromatic rings. The van der Waals surface area contributed by atoms with Gasteiger partial charge in [0, 0.05) is 13.5 Å². The fraction of sp³-hybridized carbons (Fsp3) is 0.267. The van der Waals surface area contributed by atoms with Crippen molar-refractivity contribution in [2.24, 2.45) is 0 Å². The predicted molar refractivity (Wildman–Crippen MR) is 75.0 cm³/mol. The van der Waals surface area contributed by atoms with Gasteiger partial charge in [0.1, 0.15) is 0 Å². The van der Waals surface area contributed by atoms with Crippen LogP contribution >= 0.6 is 0 Å². The SMILES string of the molecule is CC(=O)c1nn(CCc2ccccc2)c(C)c(O)c1=O. The van der Waals surface area contributed by atoms with Gasteiger partial charge in [-0.15, -0.1) is 0 Å². The second-order valence-corrected chi connectivity index (χ2v) is 4.63. The third kappa shape index (κ3) is 2.77. The molecule has 5 nitrogen and oxygen atoms in total. The normalized spacial score (nSPS) is 10.5. The third-order valence-electron chi connectivity index (χ3n) is 3.17. The molecule has 1 heterocycles. The summed E-state index contributed by atoms with van der Waals surface area (Å²) in [5, 5.41) is 13.8. The Morgan fingerprint density at radius 2 is 1.95 bits per heavy atom. The molecule has 20 heavy (non-hydrogen) atoms. The topological polar surface area (TPSA) is 72.2 Å². The van der Waals surface area contributed by atoms with Gasteiger partial charge in [0.05, 0.1) is 5.69 Å². The zero-order valence-electron chi connectivity index (χ0n) is 11.5. The fourth-order valence-electron chi connectivity index (χ4n) is 1.97. The van der Waals surface area contributed by atoms with Crippen LogP contribution in [-0.4, -0.2) is 20.7 Å². The minimum absolute atomic E-state index is 0.221. The summed E-state index contributed by atoms with van der Waals surface area (Å²) in [5.41, 5.74) is 0.569. The molecule has 0 amide bonds. The van der Waals surface area contributed by atoms with E-state index in [1.807, 2.05) is 30.3 Å². The van der Waals surface area contributed by atoms with Gasteiger partial charge in [-0.25, -0.2) is 0 Å². The summed E-state index contributed by atoms with van der Waals surface area (Å²) in [7, 11) is 0. The van der Waals surface area contributed by atoms with Gasteiger partial charge in [-0.1, -0.05) is 30.3 Å². The molecule has 0 aliphatic heterocycles. The number of aromatic nitrogens is 2. The molecular weight excluding hydrogens is 256 g/mol. The second kappa shape index (κ2) is 5.69. The number of benzene rings is 1. The highest BCUT2D eigenvalue weighted by Gasteiger charge is 2.16. The van der Waals surface area contributed by atoms with E-state index < -0.39 is 17.0 Å². The molecule has 0 aliphatic carbocycles. The van der Waals surface area contributed by atoms with E-state index in [-0.39, 0.29) is 5.69 Å². The van der Waals surface area contributed by atoms with Crippen LogP contribution in [0.3, 0.4) is 0 Å².